The van der Waals surface area contributed by atoms with Crippen LogP contribution in [0.3, 0.4) is 0 Å². The Kier molecular flexibility index (Phi) is 12.5. The topological polar surface area (TPSA) is 191 Å². The molecule has 3 atom stereocenters. The van der Waals surface area contributed by atoms with Crippen LogP contribution >= 0.6 is 0 Å². The molecule has 0 spiro atoms. The minimum absolute atomic E-state index is 0.335. The van der Waals surface area contributed by atoms with Crippen molar-refractivity contribution in [2.75, 3.05) is 26.2 Å². The van der Waals surface area contributed by atoms with E-state index in [4.69, 9.17) is 5.73 Å². The van der Waals surface area contributed by atoms with E-state index >= 15 is 0 Å². The van der Waals surface area contributed by atoms with Crippen LogP contribution in [0.5, 0.6) is 0 Å². The molecule has 3 rings (SSSR count). The van der Waals surface area contributed by atoms with Crippen LogP contribution in [0.1, 0.15) is 44.1 Å². The predicted molar refractivity (Wildman–Crippen MR) is 134 cm³/mol. The summed E-state index contributed by atoms with van der Waals surface area (Å²) in [6, 6.07) is 7.10. The van der Waals surface area contributed by atoms with Crippen molar-refractivity contribution in [3.05, 3.63) is 35.9 Å². The molecule has 3 amide bonds. The minimum Gasteiger partial charge on any atom is -0.480 e. The first-order valence-corrected chi connectivity index (χ1v) is 12.6. The van der Waals surface area contributed by atoms with Crippen molar-refractivity contribution in [1.82, 2.24) is 20.9 Å². The van der Waals surface area contributed by atoms with Crippen molar-refractivity contribution in [2.24, 2.45) is 5.73 Å². The highest BCUT2D eigenvalue weighted by Crippen LogP contribution is 2.20. The van der Waals surface area contributed by atoms with E-state index in [0.29, 0.717) is 64.7 Å². The Morgan fingerprint density at radius 1 is 1.00 bits per heavy atom. The summed E-state index contributed by atoms with van der Waals surface area (Å²) in [5.41, 5.74) is 6.57. The summed E-state index contributed by atoms with van der Waals surface area (Å²) in [4.78, 5) is 58.2. The molecule has 2 aliphatic heterocycles. The molecule has 2 heterocycles. The predicted octanol–water partition coefficient (Wildman–Crippen LogP) is -0.532. The quantitative estimate of drug-likeness (QED) is 0.156. The summed E-state index contributed by atoms with van der Waals surface area (Å²) in [6.45, 7) is 1.96. The van der Waals surface area contributed by atoms with Gasteiger partial charge in [-0.15, -0.1) is 0 Å². The molecule has 0 bridgehead atoms. The van der Waals surface area contributed by atoms with E-state index < -0.39 is 41.9 Å². The van der Waals surface area contributed by atoms with E-state index in [1.54, 1.807) is 0 Å². The van der Waals surface area contributed by atoms with E-state index in [9.17, 15) is 34.2 Å². The summed E-state index contributed by atoms with van der Waals surface area (Å²) in [6.07, 6.45) is 3.76. The first kappa shape index (κ1) is 29.7. The monoisotopic (exact) mass is 519 g/mol. The lowest BCUT2D eigenvalue weighted by Gasteiger charge is -2.29. The second-order valence-corrected chi connectivity index (χ2v) is 8.96. The van der Waals surface area contributed by atoms with Gasteiger partial charge in [0.2, 0.25) is 5.91 Å². The lowest BCUT2D eigenvalue weighted by atomic mass is 10.0. The third-order valence-corrected chi connectivity index (χ3v) is 6.23. The molecule has 7 N–H and O–H groups in total. The Bertz CT molecular complexity index is 911. The number of nitrogens with one attached hydrogen (secondary N) is 3. The van der Waals surface area contributed by atoms with Crippen molar-refractivity contribution in [3.63, 3.8) is 0 Å². The first-order chi connectivity index (χ1) is 17.7. The molecule has 1 aromatic carbocycles. The molecule has 0 saturated carbocycles. The van der Waals surface area contributed by atoms with Crippen LogP contribution in [0.4, 0.5) is 0 Å². The van der Waals surface area contributed by atoms with Gasteiger partial charge in [-0.3, -0.25) is 24.5 Å². The van der Waals surface area contributed by atoms with E-state index in [1.165, 1.54) is 4.90 Å². The average Bonchev–Trinajstić information content (AvgIpc) is 3.38. The van der Waals surface area contributed by atoms with Crippen LogP contribution in [-0.2, 0) is 30.4 Å². The van der Waals surface area contributed by atoms with Gasteiger partial charge in [-0.1, -0.05) is 36.8 Å². The van der Waals surface area contributed by atoms with Gasteiger partial charge >= 0.3 is 23.8 Å². The Balaban J connectivity index is 0.000000510. The second-order valence-electron chi connectivity index (χ2n) is 8.96. The molecule has 12 heteroatoms. The smallest absolute Gasteiger partial charge is 0.326 e. The highest BCUT2D eigenvalue weighted by Gasteiger charge is 2.38. The van der Waals surface area contributed by atoms with Crippen LogP contribution in [0.15, 0.2) is 30.3 Å². The summed E-state index contributed by atoms with van der Waals surface area (Å²) >= 11 is 0. The van der Waals surface area contributed by atoms with Crippen LogP contribution in [0, 0.1) is 0 Å². The third-order valence-electron chi connectivity index (χ3n) is 6.23. The molecule has 0 unspecified atom stereocenters. The van der Waals surface area contributed by atoms with Gasteiger partial charge in [0.15, 0.2) is 0 Å². The van der Waals surface area contributed by atoms with Gasteiger partial charge in [-0.25, -0.2) is 4.79 Å². The fraction of sp³-hybridized carbons (Fsp3) is 0.560. The zero-order valence-corrected chi connectivity index (χ0v) is 20.9. The zero-order chi connectivity index (χ0) is 27.2. The molecule has 2 fully saturated rings. The highest BCUT2D eigenvalue weighted by molar-refractivity contribution is 6.35. The maximum Gasteiger partial charge on any atom is 0.326 e. The number of likely N-dealkylation sites (tertiary alicyclic amines) is 1. The van der Waals surface area contributed by atoms with Gasteiger partial charge in [0, 0.05) is 19.6 Å². The third kappa shape index (κ3) is 9.81. The summed E-state index contributed by atoms with van der Waals surface area (Å²) < 4.78 is 0. The molecule has 0 aliphatic carbocycles. The van der Waals surface area contributed by atoms with Crippen LogP contribution in [0.2, 0.25) is 0 Å². The number of unbranched alkanes of at least 4 members (excludes halogenated alkanes) is 1. The second kappa shape index (κ2) is 15.6. The maximum atomic E-state index is 13.1. The molecule has 37 heavy (non-hydrogen) atoms. The molecule has 2 saturated heterocycles. The fourth-order valence-corrected chi connectivity index (χ4v) is 4.25. The number of hydrogen-bond donors (Lipinski definition) is 6. The van der Waals surface area contributed by atoms with E-state index in [-0.39, 0.29) is 5.91 Å². The summed E-state index contributed by atoms with van der Waals surface area (Å²) in [5, 5.41) is 26.8. The fourth-order valence-electron chi connectivity index (χ4n) is 4.25. The number of carboxylic acids is 2. The number of carbonyl (C=O) groups is 5. The van der Waals surface area contributed by atoms with E-state index in [2.05, 4.69) is 16.0 Å². The number of rotatable bonds is 12. The lowest BCUT2D eigenvalue weighted by Crippen LogP contribution is -2.54. The maximum absolute atomic E-state index is 13.1. The number of benzene rings is 1. The molecule has 12 nitrogen and oxygen atoms in total. The summed E-state index contributed by atoms with van der Waals surface area (Å²) in [5.74, 6) is -3.44. The lowest BCUT2D eigenvalue weighted by molar-refractivity contribution is -0.149. The number of aliphatic carboxylic acids is 2. The summed E-state index contributed by atoms with van der Waals surface area (Å²) in [7, 11) is 0. The Morgan fingerprint density at radius 3 is 2.19 bits per heavy atom. The van der Waals surface area contributed by atoms with Gasteiger partial charge in [0.05, 0.1) is 6.04 Å². The largest absolute Gasteiger partial charge is 0.480 e. The molecular weight excluding hydrogens is 482 g/mol. The molecule has 204 valence electrons. The van der Waals surface area contributed by atoms with Crippen molar-refractivity contribution in [2.45, 2.75) is 63.1 Å². The van der Waals surface area contributed by atoms with Crippen molar-refractivity contribution >= 4 is 29.7 Å². The number of carbonyl (C=O) groups excluding carboxylic acids is 3. The van der Waals surface area contributed by atoms with Crippen molar-refractivity contribution in [3.8, 4) is 0 Å². The van der Waals surface area contributed by atoms with Gasteiger partial charge in [0.25, 0.3) is 0 Å². The number of nitrogens with zero attached hydrogens (tertiary/aromatic N) is 1. The first-order valence-electron chi connectivity index (χ1n) is 12.6. The normalized spacial score (nSPS) is 18.6. The molecule has 0 radical (unpaired) electrons. The number of hydrogen-bond acceptors (Lipinski definition) is 7. The van der Waals surface area contributed by atoms with Crippen LogP contribution < -0.4 is 21.7 Å². The standard InChI is InChI=1S/C21H31N3O5.C4H6N2O2/c22-13-5-4-9-16(19(25)24-14-6-10-18(24)21(28)29)23-17(20(26)27)12-11-15-7-2-1-3-8-15;7-3-4(8)6-2-1-5-3/h1-3,7-8,16-18,23H,4-6,9-14,22H2,(H,26,27)(H,28,29);1-2H2,(H,5,7)(H,6,8)/t16-,17-,18-;/m0./s1. The number of aryl methyl sites for hydroxylation is 1. The SMILES string of the molecule is NCCCC[C@H](N[C@@H](CCc1ccccc1)C(=O)O)C(=O)N1CCC[C@H]1C(=O)O.O=C1NCCNC1=O. The van der Waals surface area contributed by atoms with E-state index in [1.807, 2.05) is 30.3 Å². The number of nitrogens with two attached hydrogens (primary N) is 1. The zero-order valence-electron chi connectivity index (χ0n) is 20.9. The van der Waals surface area contributed by atoms with Crippen LogP contribution in [0.25, 0.3) is 0 Å². The molecular formula is C25H37N5O7. The molecule has 0 aromatic heterocycles. The van der Waals surface area contributed by atoms with Crippen molar-refractivity contribution < 1.29 is 34.2 Å². The Labute approximate surface area is 216 Å². The minimum atomic E-state index is -1.02. The van der Waals surface area contributed by atoms with Gasteiger partial charge < -0.3 is 31.5 Å². The van der Waals surface area contributed by atoms with Gasteiger partial charge in [-0.05, 0) is 50.6 Å². The van der Waals surface area contributed by atoms with Crippen molar-refractivity contribution in [1.29, 1.82) is 0 Å². The Morgan fingerprint density at radius 2 is 1.65 bits per heavy atom. The average molecular weight is 520 g/mol. The van der Waals surface area contributed by atoms with Gasteiger partial charge in [-0.2, -0.15) is 0 Å². The van der Waals surface area contributed by atoms with E-state index in [0.717, 1.165) is 12.0 Å². The number of amides is 3. The van der Waals surface area contributed by atoms with Gasteiger partial charge in [0.1, 0.15) is 12.1 Å². The number of piperazine rings is 1. The number of carboxylic acid groups (broad SMARTS) is 2. The van der Waals surface area contributed by atoms with Crippen LogP contribution in [-0.4, -0.2) is 89.1 Å². The molecule has 1 aromatic rings. The highest BCUT2D eigenvalue weighted by atomic mass is 16.4. The Hall–Kier alpha value is -3.51. The molecule has 2 aliphatic rings.